The predicted molar refractivity (Wildman–Crippen MR) is 81.8 cm³/mol. The van der Waals surface area contributed by atoms with Gasteiger partial charge in [0.25, 0.3) is 0 Å². The molecule has 0 aliphatic carbocycles. The number of hydrogen-bond donors (Lipinski definition) is 2. The Morgan fingerprint density at radius 2 is 2.11 bits per heavy atom. The van der Waals surface area contributed by atoms with Crippen LogP contribution in [0.3, 0.4) is 0 Å². The van der Waals surface area contributed by atoms with Crippen LogP contribution in [0, 0.1) is 6.92 Å². The fourth-order valence-electron chi connectivity index (χ4n) is 1.75. The highest BCUT2D eigenvalue weighted by atomic mass is 32.1. The van der Waals surface area contributed by atoms with Gasteiger partial charge in [0, 0.05) is 11.4 Å². The van der Waals surface area contributed by atoms with Crippen molar-refractivity contribution in [3.05, 3.63) is 47.3 Å². The van der Waals surface area contributed by atoms with Crippen LogP contribution >= 0.6 is 12.2 Å². The van der Waals surface area contributed by atoms with E-state index in [0.29, 0.717) is 11.6 Å². The smallest absolute Gasteiger partial charge is 0.228 e. The second-order valence-corrected chi connectivity index (χ2v) is 4.70. The molecule has 0 aliphatic heterocycles. The number of rotatable bonds is 4. The first-order valence-corrected chi connectivity index (χ1v) is 6.50. The van der Waals surface area contributed by atoms with Crippen molar-refractivity contribution < 1.29 is 0 Å². The first-order chi connectivity index (χ1) is 9.08. The number of anilines is 2. The molecular weight excluding hydrogens is 256 g/mol. The minimum absolute atomic E-state index is 0.274. The largest absolute Gasteiger partial charge is 0.388 e. The molecule has 1 heterocycles. The Labute approximate surface area is 118 Å². The number of aryl methyl sites for hydroxylation is 2. The lowest BCUT2D eigenvalue weighted by Crippen LogP contribution is -2.13. The third-order valence-electron chi connectivity index (χ3n) is 2.70. The molecule has 0 bridgehead atoms. The Morgan fingerprint density at radius 3 is 2.79 bits per heavy atom. The van der Waals surface area contributed by atoms with Gasteiger partial charge in [0.15, 0.2) is 0 Å². The number of benzene rings is 1. The molecule has 0 spiro atoms. The normalized spacial score (nSPS) is 10.2. The Morgan fingerprint density at radius 1 is 1.32 bits per heavy atom. The number of thiocarbonyl (C=S) groups is 1. The summed E-state index contributed by atoms with van der Waals surface area (Å²) in [6.45, 7) is 4.00. The van der Waals surface area contributed by atoms with Crippen molar-refractivity contribution in [1.29, 1.82) is 0 Å². The topological polar surface area (TPSA) is 63.8 Å². The van der Waals surface area contributed by atoms with Crippen LogP contribution in [0.5, 0.6) is 0 Å². The summed E-state index contributed by atoms with van der Waals surface area (Å²) in [5.41, 5.74) is 9.22. The van der Waals surface area contributed by atoms with Gasteiger partial charge in [-0.15, -0.1) is 0 Å². The van der Waals surface area contributed by atoms with Crippen LogP contribution in [0.2, 0.25) is 0 Å². The molecule has 2 aromatic rings. The van der Waals surface area contributed by atoms with Gasteiger partial charge in [-0.3, -0.25) is 0 Å². The van der Waals surface area contributed by atoms with Gasteiger partial charge in [0.2, 0.25) is 5.95 Å². The molecule has 5 heteroatoms. The van der Waals surface area contributed by atoms with Crippen molar-refractivity contribution in [2.24, 2.45) is 5.73 Å². The molecular formula is C14H16N4S. The SMILES string of the molecule is CCc1cccc(Nc2nc(C)cc(C(N)=S)n2)c1. The summed E-state index contributed by atoms with van der Waals surface area (Å²) in [4.78, 5) is 8.90. The Kier molecular flexibility index (Phi) is 4.06. The molecule has 0 atom stereocenters. The van der Waals surface area contributed by atoms with Crippen LogP contribution in [0.1, 0.15) is 23.9 Å². The molecule has 98 valence electrons. The minimum Gasteiger partial charge on any atom is -0.388 e. The molecule has 3 N–H and O–H groups in total. The van der Waals surface area contributed by atoms with Crippen LogP contribution in [0.25, 0.3) is 0 Å². The Hall–Kier alpha value is -2.01. The van der Waals surface area contributed by atoms with Crippen LogP contribution in [0.4, 0.5) is 11.6 Å². The first kappa shape index (κ1) is 13.4. The van der Waals surface area contributed by atoms with E-state index in [2.05, 4.69) is 34.3 Å². The van der Waals surface area contributed by atoms with Crippen molar-refractivity contribution in [2.75, 3.05) is 5.32 Å². The van der Waals surface area contributed by atoms with Crippen molar-refractivity contribution in [3.63, 3.8) is 0 Å². The molecule has 0 amide bonds. The highest BCUT2D eigenvalue weighted by molar-refractivity contribution is 7.80. The summed E-state index contributed by atoms with van der Waals surface area (Å²) in [6.07, 6.45) is 0.988. The fraction of sp³-hybridized carbons (Fsp3) is 0.214. The molecule has 0 radical (unpaired) electrons. The zero-order valence-electron chi connectivity index (χ0n) is 11.0. The van der Waals surface area contributed by atoms with Gasteiger partial charge in [0.1, 0.15) is 10.7 Å². The van der Waals surface area contributed by atoms with Crippen LogP contribution in [0.15, 0.2) is 30.3 Å². The molecule has 1 aromatic heterocycles. The molecule has 4 nitrogen and oxygen atoms in total. The average molecular weight is 272 g/mol. The van der Waals surface area contributed by atoms with Gasteiger partial charge in [0.05, 0.1) is 0 Å². The molecule has 0 aliphatic rings. The van der Waals surface area contributed by atoms with E-state index in [9.17, 15) is 0 Å². The highest BCUT2D eigenvalue weighted by Crippen LogP contribution is 2.16. The summed E-state index contributed by atoms with van der Waals surface area (Å²) in [5.74, 6) is 0.510. The van der Waals surface area contributed by atoms with Crippen LogP contribution < -0.4 is 11.1 Å². The van der Waals surface area contributed by atoms with Crippen molar-refractivity contribution in [3.8, 4) is 0 Å². The zero-order chi connectivity index (χ0) is 13.8. The maximum atomic E-state index is 5.60. The van der Waals surface area contributed by atoms with Crippen LogP contribution in [-0.4, -0.2) is 15.0 Å². The number of aromatic nitrogens is 2. The number of hydrogen-bond acceptors (Lipinski definition) is 4. The van der Waals surface area contributed by atoms with E-state index >= 15 is 0 Å². The summed E-state index contributed by atoms with van der Waals surface area (Å²) < 4.78 is 0. The number of nitrogens with two attached hydrogens (primary N) is 1. The maximum absolute atomic E-state index is 5.60. The van der Waals surface area contributed by atoms with Gasteiger partial charge < -0.3 is 11.1 Å². The van der Waals surface area contributed by atoms with E-state index < -0.39 is 0 Å². The first-order valence-electron chi connectivity index (χ1n) is 6.10. The third-order valence-corrected chi connectivity index (χ3v) is 2.91. The van der Waals surface area contributed by atoms with Crippen molar-refractivity contribution in [2.45, 2.75) is 20.3 Å². The third kappa shape index (κ3) is 3.48. The van der Waals surface area contributed by atoms with E-state index in [4.69, 9.17) is 18.0 Å². The summed E-state index contributed by atoms with van der Waals surface area (Å²) in [5, 5.41) is 3.18. The molecule has 19 heavy (non-hydrogen) atoms. The van der Waals surface area contributed by atoms with Gasteiger partial charge in [-0.25, -0.2) is 9.97 Å². The van der Waals surface area contributed by atoms with E-state index in [0.717, 1.165) is 17.8 Å². The molecule has 2 rings (SSSR count). The molecule has 0 fully saturated rings. The molecule has 1 aromatic carbocycles. The van der Waals surface area contributed by atoms with Crippen molar-refractivity contribution in [1.82, 2.24) is 9.97 Å². The average Bonchev–Trinajstić information content (AvgIpc) is 2.38. The highest BCUT2D eigenvalue weighted by Gasteiger charge is 2.05. The zero-order valence-corrected chi connectivity index (χ0v) is 11.8. The minimum atomic E-state index is 0.274. The molecule has 0 saturated heterocycles. The van der Waals surface area contributed by atoms with Crippen LogP contribution in [-0.2, 0) is 6.42 Å². The fourth-order valence-corrected chi connectivity index (χ4v) is 1.85. The quantitative estimate of drug-likeness (QED) is 0.838. The van der Waals surface area contributed by atoms with E-state index in [1.165, 1.54) is 5.56 Å². The van der Waals surface area contributed by atoms with Crippen molar-refractivity contribution >= 4 is 28.8 Å². The maximum Gasteiger partial charge on any atom is 0.228 e. The molecule has 0 unspecified atom stereocenters. The second-order valence-electron chi connectivity index (χ2n) is 4.26. The predicted octanol–water partition coefficient (Wildman–Crippen LogP) is 2.73. The number of nitrogens with zero attached hydrogens (tertiary/aromatic N) is 2. The Balaban J connectivity index is 2.29. The monoisotopic (exact) mass is 272 g/mol. The second kappa shape index (κ2) is 5.75. The summed E-state index contributed by atoms with van der Waals surface area (Å²) in [6, 6.07) is 9.92. The van der Waals surface area contributed by atoms with E-state index in [1.54, 1.807) is 6.07 Å². The lowest BCUT2D eigenvalue weighted by molar-refractivity contribution is 1.09. The van der Waals surface area contributed by atoms with E-state index in [1.807, 2.05) is 19.1 Å². The van der Waals surface area contributed by atoms with Gasteiger partial charge in [-0.1, -0.05) is 31.3 Å². The lowest BCUT2D eigenvalue weighted by Gasteiger charge is -2.08. The Bertz CT molecular complexity index is 610. The molecule has 0 saturated carbocycles. The standard InChI is InChI=1S/C14H16N4S/c1-3-10-5-4-6-11(8-10)17-14-16-9(2)7-12(18-14)13(15)19/h4-8H,3H2,1-2H3,(H2,15,19)(H,16,17,18). The summed E-state index contributed by atoms with van der Waals surface area (Å²) in [7, 11) is 0. The summed E-state index contributed by atoms with van der Waals surface area (Å²) >= 11 is 4.95. The number of nitrogens with one attached hydrogen (secondary N) is 1. The van der Waals surface area contributed by atoms with Gasteiger partial charge >= 0.3 is 0 Å². The lowest BCUT2D eigenvalue weighted by atomic mass is 10.1. The van der Waals surface area contributed by atoms with Gasteiger partial charge in [-0.2, -0.15) is 0 Å². The van der Waals surface area contributed by atoms with E-state index in [-0.39, 0.29) is 4.99 Å². The van der Waals surface area contributed by atoms with Gasteiger partial charge in [-0.05, 0) is 37.1 Å².